The van der Waals surface area contributed by atoms with Gasteiger partial charge in [0.25, 0.3) is 0 Å². The SMILES string of the molecule is CC(=CC(=O)N1CCN(C2CCS(=O)(=O)C2)CC1)C(C)(C)C. The van der Waals surface area contributed by atoms with Crippen molar-refractivity contribution in [2.75, 3.05) is 37.7 Å². The topological polar surface area (TPSA) is 57.7 Å². The molecule has 0 saturated carbocycles. The van der Waals surface area contributed by atoms with Crippen molar-refractivity contribution >= 4 is 15.7 Å². The van der Waals surface area contributed by atoms with Crippen LogP contribution < -0.4 is 0 Å². The van der Waals surface area contributed by atoms with Crippen LogP contribution >= 0.6 is 0 Å². The maximum Gasteiger partial charge on any atom is 0.246 e. The van der Waals surface area contributed by atoms with Crippen molar-refractivity contribution in [3.63, 3.8) is 0 Å². The molecule has 0 aromatic carbocycles. The Morgan fingerprint density at radius 1 is 1.14 bits per heavy atom. The third kappa shape index (κ3) is 4.32. The van der Waals surface area contributed by atoms with Gasteiger partial charge >= 0.3 is 0 Å². The lowest BCUT2D eigenvalue weighted by molar-refractivity contribution is -0.128. The number of carbonyl (C=O) groups excluding carboxylic acids is 1. The van der Waals surface area contributed by atoms with Gasteiger partial charge in [-0.05, 0) is 18.8 Å². The molecule has 0 N–H and O–H groups in total. The summed E-state index contributed by atoms with van der Waals surface area (Å²) in [6.45, 7) is 11.2. The van der Waals surface area contributed by atoms with E-state index in [0.717, 1.165) is 25.1 Å². The smallest absolute Gasteiger partial charge is 0.246 e. The molecule has 2 aliphatic heterocycles. The number of hydrogen-bond acceptors (Lipinski definition) is 4. The number of nitrogens with zero attached hydrogens (tertiary/aromatic N) is 2. The molecule has 126 valence electrons. The Hall–Kier alpha value is -0.880. The van der Waals surface area contributed by atoms with Gasteiger partial charge in [-0.15, -0.1) is 0 Å². The number of carbonyl (C=O) groups is 1. The van der Waals surface area contributed by atoms with Gasteiger partial charge in [0.15, 0.2) is 9.84 Å². The molecule has 0 bridgehead atoms. The zero-order valence-electron chi connectivity index (χ0n) is 14.1. The van der Waals surface area contributed by atoms with Crippen LogP contribution in [-0.2, 0) is 14.6 Å². The molecule has 2 fully saturated rings. The summed E-state index contributed by atoms with van der Waals surface area (Å²) in [5.41, 5.74) is 1.09. The van der Waals surface area contributed by atoms with Crippen molar-refractivity contribution in [3.05, 3.63) is 11.6 Å². The summed E-state index contributed by atoms with van der Waals surface area (Å²) in [6, 6.07) is 0.147. The van der Waals surface area contributed by atoms with Gasteiger partial charge in [0, 0.05) is 38.3 Å². The molecule has 1 atom stereocenters. The molecule has 2 aliphatic rings. The van der Waals surface area contributed by atoms with E-state index in [4.69, 9.17) is 0 Å². The van der Waals surface area contributed by atoms with Crippen LogP contribution in [0.2, 0.25) is 0 Å². The van der Waals surface area contributed by atoms with Gasteiger partial charge in [0.2, 0.25) is 5.91 Å². The molecule has 1 amide bonds. The molecule has 2 heterocycles. The minimum absolute atomic E-state index is 0.00961. The van der Waals surface area contributed by atoms with E-state index in [9.17, 15) is 13.2 Å². The molecule has 5 nitrogen and oxygen atoms in total. The Balaban J connectivity index is 1.89. The lowest BCUT2D eigenvalue weighted by Crippen LogP contribution is -2.52. The Bertz CT molecular complexity index is 552. The second kappa shape index (κ2) is 6.32. The number of piperazine rings is 1. The molecule has 0 spiro atoms. The minimum Gasteiger partial charge on any atom is -0.337 e. The first kappa shape index (κ1) is 17.5. The predicted molar refractivity (Wildman–Crippen MR) is 88.4 cm³/mol. The average Bonchev–Trinajstić information content (AvgIpc) is 2.78. The summed E-state index contributed by atoms with van der Waals surface area (Å²) >= 11 is 0. The van der Waals surface area contributed by atoms with Crippen molar-refractivity contribution in [1.29, 1.82) is 0 Å². The molecular weight excluding hydrogens is 300 g/mol. The standard InChI is InChI=1S/C16H28N2O3S/c1-13(16(2,3)4)11-15(19)18-8-6-17(7-9-18)14-5-10-22(20,21)12-14/h11,14H,5-10,12H2,1-4H3. The Morgan fingerprint density at radius 3 is 2.18 bits per heavy atom. The normalized spacial score (nSPS) is 27.2. The predicted octanol–water partition coefficient (Wildman–Crippen LogP) is 1.31. The fourth-order valence-corrected chi connectivity index (χ4v) is 4.63. The van der Waals surface area contributed by atoms with Crippen LogP contribution in [0.5, 0.6) is 0 Å². The first-order chi connectivity index (χ1) is 10.1. The summed E-state index contributed by atoms with van der Waals surface area (Å²) in [5.74, 6) is 0.667. The van der Waals surface area contributed by atoms with Gasteiger partial charge in [-0.1, -0.05) is 26.3 Å². The molecule has 2 rings (SSSR count). The third-order valence-electron chi connectivity index (χ3n) is 4.87. The summed E-state index contributed by atoms with van der Waals surface area (Å²) in [6.07, 6.45) is 2.48. The van der Waals surface area contributed by atoms with Crippen molar-refractivity contribution in [2.24, 2.45) is 5.41 Å². The number of sulfone groups is 1. The number of rotatable bonds is 2. The van der Waals surface area contributed by atoms with Crippen LogP contribution in [0.1, 0.15) is 34.1 Å². The highest BCUT2D eigenvalue weighted by Gasteiger charge is 2.34. The molecule has 0 aromatic heterocycles. The lowest BCUT2D eigenvalue weighted by atomic mass is 9.87. The highest BCUT2D eigenvalue weighted by Crippen LogP contribution is 2.24. The highest BCUT2D eigenvalue weighted by atomic mass is 32.2. The zero-order valence-corrected chi connectivity index (χ0v) is 14.9. The van der Waals surface area contributed by atoms with Gasteiger partial charge in [-0.2, -0.15) is 0 Å². The third-order valence-corrected chi connectivity index (χ3v) is 6.62. The van der Waals surface area contributed by atoms with Crippen molar-refractivity contribution in [1.82, 2.24) is 9.80 Å². The Labute approximate surface area is 134 Å². The van der Waals surface area contributed by atoms with Crippen LogP contribution in [0.3, 0.4) is 0 Å². The minimum atomic E-state index is -2.84. The largest absolute Gasteiger partial charge is 0.337 e. The van der Waals surface area contributed by atoms with E-state index in [1.165, 1.54) is 0 Å². The van der Waals surface area contributed by atoms with E-state index in [1.54, 1.807) is 6.08 Å². The van der Waals surface area contributed by atoms with E-state index in [-0.39, 0.29) is 23.1 Å². The average molecular weight is 328 g/mol. The van der Waals surface area contributed by atoms with Gasteiger partial charge in [-0.25, -0.2) is 8.42 Å². The summed E-state index contributed by atoms with van der Waals surface area (Å²) in [5, 5.41) is 0. The molecule has 0 aromatic rings. The molecule has 22 heavy (non-hydrogen) atoms. The lowest BCUT2D eigenvalue weighted by Gasteiger charge is -2.37. The number of hydrogen-bond donors (Lipinski definition) is 0. The van der Waals surface area contributed by atoms with E-state index < -0.39 is 9.84 Å². The molecule has 0 radical (unpaired) electrons. The van der Waals surface area contributed by atoms with Gasteiger partial charge in [0.1, 0.15) is 0 Å². The van der Waals surface area contributed by atoms with Crippen molar-refractivity contribution in [2.45, 2.75) is 40.2 Å². The number of amides is 1. The molecular formula is C16H28N2O3S. The zero-order chi connectivity index (χ0) is 16.5. The van der Waals surface area contributed by atoms with E-state index >= 15 is 0 Å². The van der Waals surface area contributed by atoms with E-state index in [2.05, 4.69) is 25.7 Å². The van der Waals surface area contributed by atoms with Crippen molar-refractivity contribution < 1.29 is 13.2 Å². The van der Waals surface area contributed by atoms with Crippen LogP contribution in [0.15, 0.2) is 11.6 Å². The quantitative estimate of drug-likeness (QED) is 0.717. The molecule has 0 aliphatic carbocycles. The molecule has 1 unspecified atom stereocenters. The first-order valence-electron chi connectivity index (χ1n) is 8.01. The Kier molecular flexibility index (Phi) is 5.02. The van der Waals surface area contributed by atoms with Crippen LogP contribution in [-0.4, -0.2) is 67.9 Å². The summed E-state index contributed by atoms with van der Waals surface area (Å²) in [7, 11) is -2.84. The molecule has 6 heteroatoms. The monoisotopic (exact) mass is 328 g/mol. The van der Waals surface area contributed by atoms with Crippen molar-refractivity contribution in [3.8, 4) is 0 Å². The second-order valence-electron chi connectivity index (χ2n) is 7.50. The molecule has 2 saturated heterocycles. The van der Waals surface area contributed by atoms with Gasteiger partial charge in [0.05, 0.1) is 11.5 Å². The van der Waals surface area contributed by atoms with Crippen LogP contribution in [0.4, 0.5) is 0 Å². The highest BCUT2D eigenvalue weighted by molar-refractivity contribution is 7.91. The fraction of sp³-hybridized carbons (Fsp3) is 0.812. The fourth-order valence-electron chi connectivity index (χ4n) is 2.86. The first-order valence-corrected chi connectivity index (χ1v) is 9.83. The van der Waals surface area contributed by atoms with Crippen LogP contribution in [0.25, 0.3) is 0 Å². The van der Waals surface area contributed by atoms with Crippen LogP contribution in [0, 0.1) is 5.41 Å². The maximum atomic E-state index is 12.3. The second-order valence-corrected chi connectivity index (χ2v) is 9.72. The van der Waals surface area contributed by atoms with Gasteiger partial charge in [-0.3, -0.25) is 9.69 Å². The van der Waals surface area contributed by atoms with Gasteiger partial charge < -0.3 is 4.90 Å². The summed E-state index contributed by atoms with van der Waals surface area (Å²) < 4.78 is 23.1. The van der Waals surface area contributed by atoms with E-state index in [0.29, 0.717) is 18.8 Å². The maximum absolute atomic E-state index is 12.3. The summed E-state index contributed by atoms with van der Waals surface area (Å²) in [4.78, 5) is 16.4. The number of allylic oxidation sites excluding steroid dienone is 1. The Morgan fingerprint density at radius 2 is 1.73 bits per heavy atom. The van der Waals surface area contributed by atoms with E-state index in [1.807, 2.05) is 11.8 Å².